The summed E-state index contributed by atoms with van der Waals surface area (Å²) in [7, 11) is 4.02. The Balaban J connectivity index is 2.68. The topological polar surface area (TPSA) is 52.6 Å². The molecule has 106 valence electrons. The van der Waals surface area contributed by atoms with Crippen molar-refractivity contribution < 1.29 is 9.90 Å². The first-order chi connectivity index (χ1) is 8.71. The number of rotatable bonds is 5. The van der Waals surface area contributed by atoms with Crippen molar-refractivity contribution in [3.05, 3.63) is 29.3 Å². The van der Waals surface area contributed by atoms with Crippen molar-refractivity contribution in [3.8, 4) is 5.75 Å². The van der Waals surface area contributed by atoms with Gasteiger partial charge in [0.05, 0.1) is 5.56 Å². The Labute approximate surface area is 115 Å². The molecule has 0 unspecified atom stereocenters. The van der Waals surface area contributed by atoms with Crippen LogP contribution in [0.3, 0.4) is 0 Å². The first-order valence-corrected chi connectivity index (χ1v) is 6.44. The first kappa shape index (κ1) is 15.5. The summed E-state index contributed by atoms with van der Waals surface area (Å²) >= 11 is 0. The van der Waals surface area contributed by atoms with Crippen LogP contribution < -0.4 is 5.32 Å². The van der Waals surface area contributed by atoms with Gasteiger partial charge in [-0.25, -0.2) is 0 Å². The average molecular weight is 264 g/mol. The monoisotopic (exact) mass is 264 g/mol. The van der Waals surface area contributed by atoms with Crippen LogP contribution >= 0.6 is 0 Å². The number of phenolic OH excluding ortho intramolecular Hbond substituents is 1. The predicted octanol–water partition coefficient (Wildman–Crippen LogP) is 2.02. The number of nitrogens with zero attached hydrogens (tertiary/aromatic N) is 1. The molecule has 0 saturated heterocycles. The summed E-state index contributed by atoms with van der Waals surface area (Å²) in [4.78, 5) is 14.2. The zero-order valence-electron chi connectivity index (χ0n) is 12.4. The standard InChI is InChI=1S/C15H24N2O2/c1-11-6-7-13(18)12(8-11)14(19)16-9-15(2,3)10-17(4)5/h6-8,18H,9-10H2,1-5H3,(H,16,19). The van der Waals surface area contributed by atoms with E-state index in [1.165, 1.54) is 0 Å². The molecule has 1 amide bonds. The molecule has 0 fully saturated rings. The van der Waals surface area contributed by atoms with Crippen molar-refractivity contribution in [2.45, 2.75) is 20.8 Å². The van der Waals surface area contributed by atoms with Crippen LogP contribution in [0.15, 0.2) is 18.2 Å². The molecule has 1 aromatic rings. The third kappa shape index (κ3) is 4.91. The molecule has 1 rings (SSSR count). The van der Waals surface area contributed by atoms with E-state index in [4.69, 9.17) is 0 Å². The van der Waals surface area contributed by atoms with Gasteiger partial charge in [-0.3, -0.25) is 4.79 Å². The Morgan fingerprint density at radius 3 is 2.58 bits per heavy atom. The maximum absolute atomic E-state index is 12.1. The molecular formula is C15H24N2O2. The van der Waals surface area contributed by atoms with Crippen LogP contribution in [-0.4, -0.2) is 43.1 Å². The lowest BCUT2D eigenvalue weighted by Gasteiger charge is -2.28. The van der Waals surface area contributed by atoms with Crippen molar-refractivity contribution in [1.29, 1.82) is 0 Å². The molecule has 0 saturated carbocycles. The molecule has 0 bridgehead atoms. The number of phenols is 1. The van der Waals surface area contributed by atoms with E-state index in [1.54, 1.807) is 18.2 Å². The van der Waals surface area contributed by atoms with Crippen LogP contribution in [0.2, 0.25) is 0 Å². The van der Waals surface area contributed by atoms with Crippen LogP contribution in [0.25, 0.3) is 0 Å². The molecule has 0 spiro atoms. The van der Waals surface area contributed by atoms with E-state index in [1.807, 2.05) is 21.0 Å². The SMILES string of the molecule is Cc1ccc(O)c(C(=O)NCC(C)(C)CN(C)C)c1. The second-order valence-corrected chi connectivity index (χ2v) is 6.11. The molecule has 19 heavy (non-hydrogen) atoms. The number of aryl methyl sites for hydroxylation is 1. The molecule has 0 aliphatic heterocycles. The Bertz CT molecular complexity index is 453. The van der Waals surface area contributed by atoms with Crippen molar-refractivity contribution in [2.75, 3.05) is 27.2 Å². The molecule has 2 N–H and O–H groups in total. The summed E-state index contributed by atoms with van der Waals surface area (Å²) in [6, 6.07) is 5.03. The van der Waals surface area contributed by atoms with E-state index in [-0.39, 0.29) is 17.1 Å². The molecule has 0 aromatic heterocycles. The fourth-order valence-electron chi connectivity index (χ4n) is 2.16. The van der Waals surface area contributed by atoms with Crippen molar-refractivity contribution in [1.82, 2.24) is 10.2 Å². The highest BCUT2D eigenvalue weighted by atomic mass is 16.3. The minimum Gasteiger partial charge on any atom is -0.507 e. The number of hydrogen-bond donors (Lipinski definition) is 2. The summed E-state index contributed by atoms with van der Waals surface area (Å²) in [6.45, 7) is 7.55. The quantitative estimate of drug-likeness (QED) is 0.855. The van der Waals surface area contributed by atoms with Crippen molar-refractivity contribution in [3.63, 3.8) is 0 Å². The van der Waals surface area contributed by atoms with Crippen molar-refractivity contribution in [2.24, 2.45) is 5.41 Å². The third-order valence-corrected chi connectivity index (χ3v) is 2.87. The van der Waals surface area contributed by atoms with Crippen LogP contribution in [0.4, 0.5) is 0 Å². The Hall–Kier alpha value is -1.55. The van der Waals surface area contributed by atoms with Gasteiger partial charge in [-0.15, -0.1) is 0 Å². The Kier molecular flexibility index (Phi) is 4.95. The maximum atomic E-state index is 12.1. The molecule has 4 nitrogen and oxygen atoms in total. The molecule has 0 radical (unpaired) electrons. The summed E-state index contributed by atoms with van der Waals surface area (Å²) in [6.07, 6.45) is 0. The van der Waals surface area contributed by atoms with Gasteiger partial charge >= 0.3 is 0 Å². The zero-order chi connectivity index (χ0) is 14.6. The average Bonchev–Trinajstić information content (AvgIpc) is 2.27. The van der Waals surface area contributed by atoms with Gasteiger partial charge in [-0.2, -0.15) is 0 Å². The van der Waals surface area contributed by atoms with Crippen LogP contribution in [0, 0.1) is 12.3 Å². The fourth-order valence-corrected chi connectivity index (χ4v) is 2.16. The fraction of sp³-hybridized carbons (Fsp3) is 0.533. The second-order valence-electron chi connectivity index (χ2n) is 6.11. The van der Waals surface area contributed by atoms with Gasteiger partial charge in [0.1, 0.15) is 5.75 Å². The highest BCUT2D eigenvalue weighted by Gasteiger charge is 2.21. The lowest BCUT2D eigenvalue weighted by atomic mass is 9.93. The van der Waals surface area contributed by atoms with Crippen LogP contribution in [0.5, 0.6) is 5.75 Å². The largest absolute Gasteiger partial charge is 0.507 e. The molecule has 0 aliphatic rings. The zero-order valence-corrected chi connectivity index (χ0v) is 12.4. The van der Waals surface area contributed by atoms with Gasteiger partial charge in [0.2, 0.25) is 0 Å². The van der Waals surface area contributed by atoms with Crippen LogP contribution in [-0.2, 0) is 0 Å². The third-order valence-electron chi connectivity index (χ3n) is 2.87. The minimum absolute atomic E-state index is 0.0153. The van der Waals surface area contributed by atoms with Crippen molar-refractivity contribution >= 4 is 5.91 Å². The van der Waals surface area contributed by atoms with E-state index in [0.717, 1.165) is 12.1 Å². The van der Waals surface area contributed by atoms with Gasteiger partial charge in [-0.05, 0) is 38.6 Å². The Morgan fingerprint density at radius 2 is 2.00 bits per heavy atom. The van der Waals surface area contributed by atoms with E-state index in [2.05, 4.69) is 24.1 Å². The number of aromatic hydroxyl groups is 1. The summed E-state index contributed by atoms with van der Waals surface area (Å²) < 4.78 is 0. The van der Waals surface area contributed by atoms with Crippen LogP contribution in [0.1, 0.15) is 29.8 Å². The number of nitrogens with one attached hydrogen (secondary N) is 1. The number of hydrogen-bond acceptors (Lipinski definition) is 3. The summed E-state index contributed by atoms with van der Waals surface area (Å²) in [5.74, 6) is -0.207. The van der Waals surface area contributed by atoms with Gasteiger partial charge in [0, 0.05) is 13.1 Å². The second kappa shape index (κ2) is 6.06. The highest BCUT2D eigenvalue weighted by Crippen LogP contribution is 2.19. The molecule has 1 aromatic carbocycles. The number of carbonyl (C=O) groups is 1. The lowest BCUT2D eigenvalue weighted by molar-refractivity contribution is 0.0926. The number of amides is 1. The van der Waals surface area contributed by atoms with Gasteiger partial charge in [0.15, 0.2) is 0 Å². The van der Waals surface area contributed by atoms with Gasteiger partial charge in [-0.1, -0.05) is 25.5 Å². The molecular weight excluding hydrogens is 240 g/mol. The summed E-state index contributed by atoms with van der Waals surface area (Å²) in [5.41, 5.74) is 1.27. The first-order valence-electron chi connectivity index (χ1n) is 6.44. The normalized spacial score (nSPS) is 11.7. The minimum atomic E-state index is -0.229. The Morgan fingerprint density at radius 1 is 1.37 bits per heavy atom. The number of carbonyl (C=O) groups excluding carboxylic acids is 1. The highest BCUT2D eigenvalue weighted by molar-refractivity contribution is 5.97. The molecule has 0 heterocycles. The molecule has 0 aliphatic carbocycles. The van der Waals surface area contributed by atoms with E-state index in [9.17, 15) is 9.90 Å². The molecule has 4 heteroatoms. The smallest absolute Gasteiger partial charge is 0.255 e. The molecule has 0 atom stereocenters. The lowest BCUT2D eigenvalue weighted by Crippen LogP contribution is -2.40. The van der Waals surface area contributed by atoms with Gasteiger partial charge in [0.25, 0.3) is 5.91 Å². The predicted molar refractivity (Wildman–Crippen MR) is 77.5 cm³/mol. The van der Waals surface area contributed by atoms with E-state index < -0.39 is 0 Å². The van der Waals surface area contributed by atoms with E-state index in [0.29, 0.717) is 12.1 Å². The van der Waals surface area contributed by atoms with Gasteiger partial charge < -0.3 is 15.3 Å². The summed E-state index contributed by atoms with van der Waals surface area (Å²) in [5, 5.41) is 12.6. The number of benzene rings is 1. The van der Waals surface area contributed by atoms with E-state index >= 15 is 0 Å². The maximum Gasteiger partial charge on any atom is 0.255 e.